The molecule has 0 atom stereocenters. The quantitative estimate of drug-likeness (QED) is 0.193. The zero-order valence-corrected chi connectivity index (χ0v) is 19.7. The van der Waals surface area contributed by atoms with Crippen LogP contribution in [-0.4, -0.2) is 6.16 Å². The van der Waals surface area contributed by atoms with Crippen molar-refractivity contribution in [1.82, 2.24) is 0 Å². The molecule has 30 heavy (non-hydrogen) atoms. The molecular weight excluding hydrogens is 447 g/mol. The van der Waals surface area contributed by atoms with Crippen LogP contribution in [0.25, 0.3) is 0 Å². The molecule has 0 heterocycles. The van der Waals surface area contributed by atoms with Crippen LogP contribution < -0.4 is 15.9 Å². The van der Waals surface area contributed by atoms with E-state index in [4.69, 9.17) is 0 Å². The van der Waals surface area contributed by atoms with Gasteiger partial charge in [0, 0.05) is 0 Å². The summed E-state index contributed by atoms with van der Waals surface area (Å²) in [6.07, 6.45) is 4.58. The Morgan fingerprint density at radius 3 is 1.23 bits per heavy atom. The molecule has 0 N–H and O–H groups in total. The Labute approximate surface area is 188 Å². The van der Waals surface area contributed by atoms with Crippen LogP contribution in [-0.2, 0) is 6.42 Å². The monoisotopic (exact) mass is 474 g/mol. The minimum atomic E-state index is -2.76. The van der Waals surface area contributed by atoms with E-state index in [1.807, 2.05) is 0 Å². The van der Waals surface area contributed by atoms with E-state index in [0.717, 1.165) is 19.0 Å². The normalized spacial score (nSPS) is 12.8. The molecule has 0 aliphatic carbocycles. The van der Waals surface area contributed by atoms with Crippen molar-refractivity contribution >= 4 is 36.7 Å². The summed E-state index contributed by atoms with van der Waals surface area (Å²) in [5, 5.41) is 1.45. The van der Waals surface area contributed by atoms with Crippen molar-refractivity contribution in [3.63, 3.8) is 0 Å². The van der Waals surface area contributed by atoms with Crippen molar-refractivity contribution in [3.8, 4) is 0 Å². The Bertz CT molecular complexity index is 947. The van der Waals surface area contributed by atoms with Crippen molar-refractivity contribution in [1.29, 1.82) is 0 Å². The number of unbranched alkanes of at least 4 members (excludes halogenated alkanes) is 1. The summed E-state index contributed by atoms with van der Waals surface area (Å²) >= 11 is 4.53. The first-order valence-electron chi connectivity index (χ1n) is 10.7. The molecule has 0 unspecified atom stereocenters. The van der Waals surface area contributed by atoms with Crippen LogP contribution in [0.2, 0.25) is 0 Å². The van der Waals surface area contributed by atoms with Crippen LogP contribution >= 0.6 is 20.8 Å². The second-order valence-electron chi connectivity index (χ2n) is 7.86. The van der Waals surface area contributed by atoms with Gasteiger partial charge in [0.25, 0.3) is 0 Å². The second-order valence-corrected chi connectivity index (χ2v) is 16.9. The zero-order valence-electron chi connectivity index (χ0n) is 17.2. The van der Waals surface area contributed by atoms with Crippen LogP contribution in [0.15, 0.2) is 121 Å². The molecule has 0 fully saturated rings. The Morgan fingerprint density at radius 2 is 0.833 bits per heavy atom. The summed E-state index contributed by atoms with van der Waals surface area (Å²) in [6.45, 7) is 0. The molecule has 152 valence electrons. The van der Waals surface area contributed by atoms with Crippen molar-refractivity contribution in [2.24, 2.45) is 0 Å². The zero-order chi connectivity index (χ0) is 20.7. The number of aryl methyl sites for hydroxylation is 1. The average molecular weight is 475 g/mol. The van der Waals surface area contributed by atoms with Crippen molar-refractivity contribution < 1.29 is 0 Å². The summed E-state index contributed by atoms with van der Waals surface area (Å²) in [4.78, 5) is 0. The van der Waals surface area contributed by atoms with Gasteiger partial charge >= 0.3 is 189 Å². The van der Waals surface area contributed by atoms with Gasteiger partial charge in [-0.25, -0.2) is 0 Å². The number of benzene rings is 4. The molecule has 0 aromatic heterocycles. The van der Waals surface area contributed by atoms with E-state index >= 15 is 0 Å². The van der Waals surface area contributed by atoms with Gasteiger partial charge in [0.15, 0.2) is 0 Å². The van der Waals surface area contributed by atoms with E-state index in [2.05, 4.69) is 137 Å². The Hall–Kier alpha value is -2.21. The Morgan fingerprint density at radius 1 is 0.467 bits per heavy atom. The molecule has 0 bridgehead atoms. The van der Waals surface area contributed by atoms with Gasteiger partial charge in [0.2, 0.25) is 0 Å². The third-order valence-electron chi connectivity index (χ3n) is 6.02. The molecule has 4 aromatic rings. The maximum absolute atomic E-state index is 4.53. The van der Waals surface area contributed by atoms with Crippen LogP contribution in [0, 0.1) is 0 Å². The van der Waals surface area contributed by atoms with Crippen LogP contribution in [0.1, 0.15) is 18.4 Å². The predicted octanol–water partition coefficient (Wildman–Crippen LogP) is 6.85. The molecule has 4 aromatic carbocycles. The van der Waals surface area contributed by atoms with Gasteiger partial charge in [-0.3, -0.25) is 0 Å². The van der Waals surface area contributed by atoms with Gasteiger partial charge in [-0.15, -0.1) is 0 Å². The van der Waals surface area contributed by atoms with E-state index < -0.39 is 5.31 Å². The topological polar surface area (TPSA) is 0 Å². The van der Waals surface area contributed by atoms with E-state index in [9.17, 15) is 0 Å². The maximum atomic E-state index is 4.53. The molecule has 0 radical (unpaired) electrons. The molecular formula is C28H28BrP. The molecule has 0 aliphatic heterocycles. The van der Waals surface area contributed by atoms with Gasteiger partial charge in [0.05, 0.1) is 0 Å². The summed E-state index contributed by atoms with van der Waals surface area (Å²) in [5.41, 5.74) is 1.42. The third-order valence-corrected chi connectivity index (χ3v) is 16.1. The number of halogens is 1. The second kappa shape index (κ2) is 9.29. The third kappa shape index (κ3) is 4.02. The summed E-state index contributed by atoms with van der Waals surface area (Å²) in [6, 6.07) is 44.1. The SMILES string of the molecule is BrP(CCCCc1ccccc1)(c1ccccc1)(c1ccccc1)c1ccccc1. The van der Waals surface area contributed by atoms with Crippen LogP contribution in [0.4, 0.5) is 0 Å². The van der Waals surface area contributed by atoms with E-state index in [-0.39, 0.29) is 0 Å². The van der Waals surface area contributed by atoms with Gasteiger partial charge in [-0.05, 0) is 0 Å². The first-order chi connectivity index (χ1) is 14.7. The summed E-state index contributed by atoms with van der Waals surface area (Å²) < 4.78 is 0. The van der Waals surface area contributed by atoms with Gasteiger partial charge in [0.1, 0.15) is 0 Å². The van der Waals surface area contributed by atoms with Gasteiger partial charge in [-0.2, -0.15) is 0 Å². The number of hydrogen-bond donors (Lipinski definition) is 0. The van der Waals surface area contributed by atoms with E-state index in [1.54, 1.807) is 0 Å². The molecule has 0 nitrogen and oxygen atoms in total. The van der Waals surface area contributed by atoms with Crippen molar-refractivity contribution in [2.45, 2.75) is 19.3 Å². The molecule has 0 saturated carbocycles. The van der Waals surface area contributed by atoms with Crippen LogP contribution in [0.3, 0.4) is 0 Å². The van der Waals surface area contributed by atoms with Crippen LogP contribution in [0.5, 0.6) is 0 Å². The number of rotatable bonds is 8. The Balaban J connectivity index is 1.77. The first kappa shape index (κ1) is 21.0. The van der Waals surface area contributed by atoms with E-state index in [0.29, 0.717) is 0 Å². The molecule has 0 saturated heterocycles. The van der Waals surface area contributed by atoms with E-state index in [1.165, 1.54) is 27.9 Å². The molecule has 2 heteroatoms. The fourth-order valence-electron chi connectivity index (χ4n) is 4.43. The molecule has 4 rings (SSSR count). The number of hydrogen-bond acceptors (Lipinski definition) is 0. The van der Waals surface area contributed by atoms with Gasteiger partial charge < -0.3 is 0 Å². The van der Waals surface area contributed by atoms with Gasteiger partial charge in [-0.1, -0.05) is 0 Å². The predicted molar refractivity (Wildman–Crippen MR) is 138 cm³/mol. The average Bonchev–Trinajstić information content (AvgIpc) is 2.84. The molecule has 0 amide bonds. The fourth-order valence-corrected chi connectivity index (χ4v) is 12.2. The molecule has 0 aliphatic rings. The molecule has 0 spiro atoms. The minimum absolute atomic E-state index is 1.11. The summed E-state index contributed by atoms with van der Waals surface area (Å²) in [5.74, 6) is 0. The standard InChI is InChI=1S/C28H28BrP/c29-30(26-18-7-2-8-19-26,27-20-9-3-10-21-27,28-22-11-4-12-23-28)24-14-13-17-25-15-5-1-6-16-25/h1-12,15-16,18-23H,13-14,17,24H2. The fraction of sp³-hybridized carbons (Fsp3) is 0.143. The Kier molecular flexibility index (Phi) is 6.52. The first-order valence-corrected chi connectivity index (χ1v) is 15.1. The van der Waals surface area contributed by atoms with Crippen molar-refractivity contribution in [2.75, 3.05) is 6.16 Å². The van der Waals surface area contributed by atoms with Crippen molar-refractivity contribution in [3.05, 3.63) is 127 Å². The summed E-state index contributed by atoms with van der Waals surface area (Å²) in [7, 11) is 0.